The normalized spacial score (nSPS) is 20.1. The van der Waals surface area contributed by atoms with E-state index in [1.807, 2.05) is 11.8 Å². The third kappa shape index (κ3) is 6.17. The number of carbonyl (C=O) groups excluding carboxylic acids is 3. The fraction of sp³-hybridized carbons (Fsp3) is 0.345. The Morgan fingerprint density at radius 3 is 2.49 bits per heavy atom. The van der Waals surface area contributed by atoms with E-state index in [0.717, 1.165) is 0 Å². The Bertz CT molecular complexity index is 1300. The molecule has 0 saturated carbocycles. The number of hydrogen-bond donors (Lipinski definition) is 1. The number of nitrogens with zero attached hydrogens (tertiary/aromatic N) is 3. The lowest BCUT2D eigenvalue weighted by Crippen LogP contribution is -2.56. The molecule has 0 radical (unpaired) electrons. The van der Waals surface area contributed by atoms with Gasteiger partial charge >= 0.3 is 12.0 Å². The zero-order valence-corrected chi connectivity index (χ0v) is 22.0. The maximum atomic E-state index is 14.1. The number of urea groups is 1. The van der Waals surface area contributed by atoms with Crippen LogP contribution in [0.5, 0.6) is 0 Å². The summed E-state index contributed by atoms with van der Waals surface area (Å²) in [4.78, 5) is 44.7. The van der Waals surface area contributed by atoms with Gasteiger partial charge in [-0.2, -0.15) is 0 Å². The molecule has 1 N–H and O–H groups in total. The molecule has 8 nitrogen and oxygen atoms in total. The van der Waals surface area contributed by atoms with Crippen LogP contribution in [0.2, 0.25) is 0 Å². The molecule has 1 fully saturated rings. The molecule has 2 heterocycles. The summed E-state index contributed by atoms with van der Waals surface area (Å²) in [5, 5.41) is 2.82. The van der Waals surface area contributed by atoms with E-state index in [1.54, 1.807) is 30.0 Å². The third-order valence-corrected chi connectivity index (χ3v) is 6.84. The Labute approximate surface area is 226 Å². The first-order valence-electron chi connectivity index (χ1n) is 12.9. The van der Waals surface area contributed by atoms with Crippen molar-refractivity contribution in [1.29, 1.82) is 0 Å². The summed E-state index contributed by atoms with van der Waals surface area (Å²) in [6.45, 7) is 9.11. The third-order valence-electron chi connectivity index (χ3n) is 6.84. The van der Waals surface area contributed by atoms with Gasteiger partial charge in [0.15, 0.2) is 0 Å². The van der Waals surface area contributed by atoms with Crippen LogP contribution in [0.25, 0.3) is 0 Å². The summed E-state index contributed by atoms with van der Waals surface area (Å²) in [6.07, 6.45) is 1.56. The molecule has 2 unspecified atom stereocenters. The molecule has 0 aromatic heterocycles. The van der Waals surface area contributed by atoms with Crippen molar-refractivity contribution in [2.45, 2.75) is 25.9 Å². The summed E-state index contributed by atoms with van der Waals surface area (Å²) in [6, 6.07) is 9.77. The Kier molecular flexibility index (Phi) is 8.75. The molecule has 39 heavy (non-hydrogen) atoms. The molecule has 206 valence electrons. The van der Waals surface area contributed by atoms with Crippen molar-refractivity contribution >= 4 is 17.9 Å². The molecule has 4 rings (SSSR count). The van der Waals surface area contributed by atoms with E-state index in [9.17, 15) is 23.2 Å². The number of carbonyl (C=O) groups is 3. The van der Waals surface area contributed by atoms with E-state index in [4.69, 9.17) is 4.74 Å². The van der Waals surface area contributed by atoms with Crippen LogP contribution >= 0.6 is 0 Å². The number of halogens is 2. The van der Waals surface area contributed by atoms with Gasteiger partial charge in [0.25, 0.3) is 5.91 Å². The fourth-order valence-corrected chi connectivity index (χ4v) is 5.06. The number of nitrogens with one attached hydrogen (secondary N) is 1. The Morgan fingerprint density at radius 1 is 1.13 bits per heavy atom. The van der Waals surface area contributed by atoms with Gasteiger partial charge in [0.05, 0.1) is 18.2 Å². The molecule has 0 spiro atoms. The second-order valence-electron chi connectivity index (χ2n) is 9.51. The van der Waals surface area contributed by atoms with Crippen molar-refractivity contribution in [2.75, 3.05) is 39.3 Å². The molecule has 2 aliphatic heterocycles. The highest BCUT2D eigenvalue weighted by atomic mass is 19.1. The van der Waals surface area contributed by atoms with Crippen LogP contribution in [-0.2, 0) is 9.53 Å². The van der Waals surface area contributed by atoms with Gasteiger partial charge in [-0.15, -0.1) is 6.58 Å². The lowest BCUT2D eigenvalue weighted by atomic mass is 9.93. The van der Waals surface area contributed by atoms with Crippen molar-refractivity contribution in [3.63, 3.8) is 0 Å². The van der Waals surface area contributed by atoms with Crippen molar-refractivity contribution in [2.24, 2.45) is 0 Å². The van der Waals surface area contributed by atoms with Crippen molar-refractivity contribution < 1.29 is 27.9 Å². The van der Waals surface area contributed by atoms with E-state index in [0.29, 0.717) is 30.9 Å². The highest BCUT2D eigenvalue weighted by molar-refractivity contribution is 5.95. The lowest BCUT2D eigenvalue weighted by Gasteiger charge is -2.43. The van der Waals surface area contributed by atoms with Crippen LogP contribution in [0.4, 0.5) is 13.6 Å². The highest BCUT2D eigenvalue weighted by Crippen LogP contribution is 2.33. The van der Waals surface area contributed by atoms with Gasteiger partial charge in [0, 0.05) is 50.0 Å². The largest absolute Gasteiger partial charge is 0.463 e. The molecule has 0 bridgehead atoms. The molecule has 2 aliphatic rings. The lowest BCUT2D eigenvalue weighted by molar-refractivity contribution is -0.139. The summed E-state index contributed by atoms with van der Waals surface area (Å²) >= 11 is 0. The van der Waals surface area contributed by atoms with Gasteiger partial charge < -0.3 is 15.0 Å². The number of esters is 1. The predicted molar refractivity (Wildman–Crippen MR) is 142 cm³/mol. The number of amides is 3. The maximum Gasteiger partial charge on any atom is 0.338 e. The van der Waals surface area contributed by atoms with Gasteiger partial charge in [-0.3, -0.25) is 14.6 Å². The maximum absolute atomic E-state index is 14.1. The topological polar surface area (TPSA) is 82.2 Å². The van der Waals surface area contributed by atoms with Gasteiger partial charge in [-0.25, -0.2) is 18.4 Å². The minimum atomic E-state index is -0.906. The fourth-order valence-electron chi connectivity index (χ4n) is 5.06. The van der Waals surface area contributed by atoms with Crippen LogP contribution in [0.1, 0.15) is 35.8 Å². The zero-order valence-electron chi connectivity index (χ0n) is 22.0. The predicted octanol–water partition coefficient (Wildman–Crippen LogP) is 3.88. The van der Waals surface area contributed by atoms with E-state index >= 15 is 0 Å². The van der Waals surface area contributed by atoms with Crippen LogP contribution in [0.3, 0.4) is 0 Å². The molecule has 0 aliphatic carbocycles. The second kappa shape index (κ2) is 12.2. The van der Waals surface area contributed by atoms with E-state index in [-0.39, 0.29) is 42.8 Å². The summed E-state index contributed by atoms with van der Waals surface area (Å²) in [5.74, 6) is -1.84. The highest BCUT2D eigenvalue weighted by Gasteiger charge is 2.39. The van der Waals surface area contributed by atoms with E-state index < -0.39 is 29.7 Å². The monoisotopic (exact) mass is 538 g/mol. The van der Waals surface area contributed by atoms with Crippen molar-refractivity contribution in [1.82, 2.24) is 20.0 Å². The molecule has 3 amide bonds. The average molecular weight is 539 g/mol. The van der Waals surface area contributed by atoms with Crippen LogP contribution in [0, 0.1) is 11.6 Å². The molecular formula is C29H32F2N4O4. The molecule has 10 heteroatoms. The Morgan fingerprint density at radius 2 is 1.85 bits per heavy atom. The van der Waals surface area contributed by atoms with Gasteiger partial charge in [0.1, 0.15) is 11.6 Å². The summed E-state index contributed by atoms with van der Waals surface area (Å²) in [5.41, 5.74) is 1.35. The minimum Gasteiger partial charge on any atom is -0.463 e. The standard InChI is InChI=1S/C29H32F2N4O4/c1-4-12-35-24(18-33-13-14-34(19(3)17-33)27(36)21-9-7-11-23(31)16-21)25(28(37)39-5-2)26(32-29(35)38)20-8-6-10-22(30)15-20/h4,6-11,15-16,19,26H,1,5,12-14,17-18H2,2-3H3,(H,32,38). The minimum absolute atomic E-state index is 0.124. The van der Waals surface area contributed by atoms with Crippen molar-refractivity contribution in [3.8, 4) is 0 Å². The second-order valence-corrected chi connectivity index (χ2v) is 9.51. The average Bonchev–Trinajstić information content (AvgIpc) is 2.90. The number of rotatable bonds is 8. The van der Waals surface area contributed by atoms with Gasteiger partial charge in [0.2, 0.25) is 0 Å². The first kappa shape index (κ1) is 28.0. The molecular weight excluding hydrogens is 506 g/mol. The van der Waals surface area contributed by atoms with E-state index in [1.165, 1.54) is 41.3 Å². The van der Waals surface area contributed by atoms with E-state index in [2.05, 4.69) is 11.9 Å². The van der Waals surface area contributed by atoms with Gasteiger partial charge in [-0.1, -0.05) is 24.3 Å². The van der Waals surface area contributed by atoms with Crippen molar-refractivity contribution in [3.05, 3.63) is 95.2 Å². The number of ether oxygens (including phenoxy) is 1. The molecule has 2 atom stereocenters. The summed E-state index contributed by atoms with van der Waals surface area (Å²) in [7, 11) is 0. The quantitative estimate of drug-likeness (QED) is 0.408. The Balaban J connectivity index is 1.65. The number of piperazine rings is 1. The van der Waals surface area contributed by atoms with Gasteiger partial charge in [-0.05, 0) is 49.7 Å². The summed E-state index contributed by atoms with van der Waals surface area (Å²) < 4.78 is 33.2. The molecule has 1 saturated heterocycles. The smallest absolute Gasteiger partial charge is 0.338 e. The van der Waals surface area contributed by atoms with Crippen LogP contribution < -0.4 is 5.32 Å². The Hall–Kier alpha value is -4.05. The molecule has 2 aromatic rings. The number of benzene rings is 2. The zero-order chi connectivity index (χ0) is 28.1. The molecule has 2 aromatic carbocycles. The van der Waals surface area contributed by atoms with Crippen LogP contribution in [-0.4, -0.2) is 78.0 Å². The number of hydrogen-bond acceptors (Lipinski definition) is 5. The SMILES string of the molecule is C=CCN1C(=O)NC(c2cccc(F)c2)C(C(=O)OCC)=C1CN1CCN(C(=O)c2cccc(F)c2)C(C)C1. The van der Waals surface area contributed by atoms with Crippen LogP contribution in [0.15, 0.2) is 72.5 Å². The first-order chi connectivity index (χ1) is 18.7. The first-order valence-corrected chi connectivity index (χ1v) is 12.9.